The average Bonchev–Trinajstić information content (AvgIpc) is 1.97. The number of rotatable bonds is 3. The fourth-order valence-electron chi connectivity index (χ4n) is 0.528. The Morgan fingerprint density at radius 1 is 1.54 bits per heavy atom. The highest BCUT2D eigenvalue weighted by molar-refractivity contribution is 5.86. The first kappa shape index (κ1) is 12.2. The van der Waals surface area contributed by atoms with E-state index >= 15 is 0 Å². The molecule has 0 fully saturated rings. The van der Waals surface area contributed by atoms with Gasteiger partial charge in [0.15, 0.2) is 0 Å². The van der Waals surface area contributed by atoms with Gasteiger partial charge in [-0.25, -0.2) is 4.79 Å². The van der Waals surface area contributed by atoms with Crippen LogP contribution >= 0.6 is 0 Å². The minimum absolute atomic E-state index is 0.0230. The Balaban J connectivity index is 3.91. The summed E-state index contributed by atoms with van der Waals surface area (Å²) in [4.78, 5) is 10.9. The summed E-state index contributed by atoms with van der Waals surface area (Å²) in [6.07, 6.45) is -0.643. The Bertz CT molecular complexity index is 201. The standard InChI is InChI=1S/C10H18O3/c1-7(2)9(12)13-6-8(11)10(3,4)5/h8,11H,1,6H2,2-5H3. The number of carbonyl (C=O) groups is 1. The summed E-state index contributed by atoms with van der Waals surface area (Å²) in [5, 5.41) is 9.51. The van der Waals surface area contributed by atoms with E-state index in [4.69, 9.17) is 4.74 Å². The summed E-state index contributed by atoms with van der Waals surface area (Å²) >= 11 is 0. The smallest absolute Gasteiger partial charge is 0.333 e. The molecule has 0 aliphatic carbocycles. The number of carbonyl (C=O) groups excluding carboxylic acids is 1. The van der Waals surface area contributed by atoms with Gasteiger partial charge >= 0.3 is 5.97 Å². The number of aliphatic hydroxyl groups excluding tert-OH is 1. The van der Waals surface area contributed by atoms with E-state index in [9.17, 15) is 9.90 Å². The van der Waals surface area contributed by atoms with Crippen molar-refractivity contribution in [3.05, 3.63) is 12.2 Å². The molecule has 3 heteroatoms. The van der Waals surface area contributed by atoms with Gasteiger partial charge in [0, 0.05) is 5.57 Å². The molecule has 0 amide bonds. The van der Waals surface area contributed by atoms with Gasteiger partial charge in [-0.1, -0.05) is 27.4 Å². The zero-order chi connectivity index (χ0) is 10.6. The van der Waals surface area contributed by atoms with Gasteiger partial charge in [-0.3, -0.25) is 0 Å². The van der Waals surface area contributed by atoms with Gasteiger partial charge in [-0.2, -0.15) is 0 Å². The van der Waals surface area contributed by atoms with Crippen molar-refractivity contribution in [2.75, 3.05) is 6.61 Å². The SMILES string of the molecule is C=C(C)C(=O)OCC(O)C(C)(C)C. The molecule has 3 nitrogen and oxygen atoms in total. The molecule has 0 aliphatic rings. The van der Waals surface area contributed by atoms with Crippen LogP contribution in [0.25, 0.3) is 0 Å². The third-order valence-electron chi connectivity index (χ3n) is 1.72. The summed E-state index contributed by atoms with van der Waals surface area (Å²) in [6, 6.07) is 0. The third-order valence-corrected chi connectivity index (χ3v) is 1.72. The van der Waals surface area contributed by atoms with Crippen molar-refractivity contribution >= 4 is 5.97 Å². The van der Waals surface area contributed by atoms with Crippen molar-refractivity contribution in [1.82, 2.24) is 0 Å². The summed E-state index contributed by atoms with van der Waals surface area (Å²) < 4.78 is 4.80. The maximum absolute atomic E-state index is 10.9. The van der Waals surface area contributed by atoms with Gasteiger partial charge < -0.3 is 9.84 Å². The average molecular weight is 186 g/mol. The molecule has 0 rings (SSSR count). The number of aliphatic hydroxyl groups is 1. The first-order valence-corrected chi connectivity index (χ1v) is 4.26. The van der Waals surface area contributed by atoms with Crippen molar-refractivity contribution in [3.8, 4) is 0 Å². The molecular weight excluding hydrogens is 168 g/mol. The van der Waals surface area contributed by atoms with E-state index in [0.717, 1.165) is 0 Å². The second kappa shape index (κ2) is 4.42. The van der Waals surface area contributed by atoms with Gasteiger partial charge in [0.1, 0.15) is 6.61 Å². The van der Waals surface area contributed by atoms with E-state index in [-0.39, 0.29) is 12.0 Å². The molecule has 0 saturated heterocycles. The van der Waals surface area contributed by atoms with Gasteiger partial charge in [0.2, 0.25) is 0 Å². The van der Waals surface area contributed by atoms with Crippen LogP contribution in [0.1, 0.15) is 27.7 Å². The number of hydrogen-bond acceptors (Lipinski definition) is 3. The van der Waals surface area contributed by atoms with Crippen LogP contribution in [-0.4, -0.2) is 23.8 Å². The van der Waals surface area contributed by atoms with Crippen LogP contribution in [-0.2, 0) is 9.53 Å². The highest BCUT2D eigenvalue weighted by atomic mass is 16.5. The molecule has 0 aliphatic heterocycles. The van der Waals surface area contributed by atoms with Crippen LogP contribution < -0.4 is 0 Å². The van der Waals surface area contributed by atoms with Crippen molar-refractivity contribution in [2.24, 2.45) is 5.41 Å². The van der Waals surface area contributed by atoms with Gasteiger partial charge in [-0.15, -0.1) is 0 Å². The highest BCUT2D eigenvalue weighted by Gasteiger charge is 2.23. The van der Waals surface area contributed by atoms with Gasteiger partial charge in [0.05, 0.1) is 6.10 Å². The molecule has 13 heavy (non-hydrogen) atoms. The molecule has 1 unspecified atom stereocenters. The zero-order valence-electron chi connectivity index (χ0n) is 8.76. The van der Waals surface area contributed by atoms with E-state index in [1.807, 2.05) is 20.8 Å². The normalized spacial score (nSPS) is 13.6. The Labute approximate surface area is 79.4 Å². The van der Waals surface area contributed by atoms with Crippen LogP contribution in [0.5, 0.6) is 0 Å². The minimum Gasteiger partial charge on any atom is -0.460 e. The van der Waals surface area contributed by atoms with E-state index in [1.165, 1.54) is 0 Å². The molecule has 1 N–H and O–H groups in total. The molecule has 0 bridgehead atoms. The monoisotopic (exact) mass is 186 g/mol. The van der Waals surface area contributed by atoms with Crippen molar-refractivity contribution in [1.29, 1.82) is 0 Å². The minimum atomic E-state index is -0.643. The second-order valence-electron chi connectivity index (χ2n) is 4.26. The molecule has 0 saturated carbocycles. The molecule has 0 radical (unpaired) electrons. The molecule has 0 aromatic rings. The largest absolute Gasteiger partial charge is 0.460 e. The van der Waals surface area contributed by atoms with E-state index in [0.29, 0.717) is 5.57 Å². The predicted octanol–water partition coefficient (Wildman–Crippen LogP) is 1.51. The fourth-order valence-corrected chi connectivity index (χ4v) is 0.528. The molecule has 0 heterocycles. The Morgan fingerprint density at radius 3 is 2.31 bits per heavy atom. The van der Waals surface area contributed by atoms with E-state index in [1.54, 1.807) is 6.92 Å². The van der Waals surface area contributed by atoms with E-state index < -0.39 is 12.1 Å². The maximum atomic E-state index is 10.9. The topological polar surface area (TPSA) is 46.5 Å². The number of esters is 1. The summed E-state index contributed by atoms with van der Waals surface area (Å²) in [6.45, 7) is 10.7. The van der Waals surface area contributed by atoms with Crippen molar-refractivity contribution in [3.63, 3.8) is 0 Å². The third kappa shape index (κ3) is 4.68. The lowest BCUT2D eigenvalue weighted by atomic mass is 9.90. The molecular formula is C10H18O3. The fraction of sp³-hybridized carbons (Fsp3) is 0.700. The first-order chi connectivity index (χ1) is 5.75. The number of ether oxygens (including phenoxy) is 1. The molecule has 0 aromatic heterocycles. The Hall–Kier alpha value is -0.830. The quantitative estimate of drug-likeness (QED) is 0.537. The van der Waals surface area contributed by atoms with Crippen molar-refractivity contribution in [2.45, 2.75) is 33.8 Å². The molecule has 76 valence electrons. The highest BCUT2D eigenvalue weighted by Crippen LogP contribution is 2.19. The lowest BCUT2D eigenvalue weighted by Crippen LogP contribution is -2.31. The van der Waals surface area contributed by atoms with Gasteiger partial charge in [-0.05, 0) is 12.3 Å². The van der Waals surface area contributed by atoms with Crippen LogP contribution in [0.15, 0.2) is 12.2 Å². The molecule has 0 aromatic carbocycles. The summed E-state index contributed by atoms with van der Waals surface area (Å²) in [5.74, 6) is -0.455. The molecule has 0 spiro atoms. The van der Waals surface area contributed by atoms with Crippen LogP contribution in [0, 0.1) is 5.41 Å². The van der Waals surface area contributed by atoms with E-state index in [2.05, 4.69) is 6.58 Å². The summed E-state index contributed by atoms with van der Waals surface area (Å²) in [5.41, 5.74) is 0.0798. The summed E-state index contributed by atoms with van der Waals surface area (Å²) in [7, 11) is 0. The second-order valence-corrected chi connectivity index (χ2v) is 4.26. The lowest BCUT2D eigenvalue weighted by molar-refractivity contribution is -0.144. The molecule has 1 atom stereocenters. The van der Waals surface area contributed by atoms with Gasteiger partial charge in [0.25, 0.3) is 0 Å². The van der Waals surface area contributed by atoms with Crippen molar-refractivity contribution < 1.29 is 14.6 Å². The Kier molecular flexibility index (Phi) is 4.14. The van der Waals surface area contributed by atoms with Crippen LogP contribution in [0.4, 0.5) is 0 Å². The van der Waals surface area contributed by atoms with Crippen LogP contribution in [0.3, 0.4) is 0 Å². The predicted molar refractivity (Wildman–Crippen MR) is 51.2 cm³/mol. The number of hydrogen-bond donors (Lipinski definition) is 1. The Morgan fingerprint density at radius 2 is 2.00 bits per heavy atom. The lowest BCUT2D eigenvalue weighted by Gasteiger charge is -2.25. The van der Waals surface area contributed by atoms with Crippen LogP contribution in [0.2, 0.25) is 0 Å². The zero-order valence-corrected chi connectivity index (χ0v) is 8.76. The first-order valence-electron chi connectivity index (χ1n) is 4.26. The maximum Gasteiger partial charge on any atom is 0.333 e.